The number of nitro groups is 1. The van der Waals surface area contributed by atoms with E-state index in [2.05, 4.69) is 20.5 Å². The van der Waals surface area contributed by atoms with E-state index >= 15 is 0 Å². The van der Waals surface area contributed by atoms with Crippen molar-refractivity contribution in [2.75, 3.05) is 11.1 Å². The Balaban J connectivity index is 1.51. The lowest BCUT2D eigenvalue weighted by atomic mass is 10.2. The van der Waals surface area contributed by atoms with Crippen molar-refractivity contribution >= 4 is 45.9 Å². The van der Waals surface area contributed by atoms with E-state index in [9.17, 15) is 19.3 Å². The molecular weight excluding hydrogens is 375 g/mol. The Morgan fingerprint density at radius 2 is 2.15 bits per heavy atom. The molecule has 0 atom stereocenters. The van der Waals surface area contributed by atoms with E-state index in [0.29, 0.717) is 10.9 Å². The first-order valence-electron chi connectivity index (χ1n) is 7.71. The number of rotatable bonds is 5. The van der Waals surface area contributed by atoms with E-state index < -0.39 is 16.6 Å². The van der Waals surface area contributed by atoms with E-state index in [1.54, 1.807) is 4.40 Å². The fraction of sp³-hybridized carbons (Fsp3) is 0.0625. The van der Waals surface area contributed by atoms with Gasteiger partial charge in [0.1, 0.15) is 5.82 Å². The van der Waals surface area contributed by atoms with Crippen molar-refractivity contribution in [2.45, 2.75) is 5.16 Å². The second-order valence-corrected chi connectivity index (χ2v) is 6.47. The molecule has 0 fully saturated rings. The predicted octanol–water partition coefficient (Wildman–Crippen LogP) is 2.99. The predicted molar refractivity (Wildman–Crippen MR) is 97.3 cm³/mol. The number of aromatic nitrogens is 4. The van der Waals surface area contributed by atoms with E-state index in [1.165, 1.54) is 0 Å². The molecule has 9 nitrogen and oxygen atoms in total. The molecule has 2 N–H and O–H groups in total. The number of nitrogens with zero attached hydrogens (tertiary/aromatic N) is 4. The van der Waals surface area contributed by atoms with Gasteiger partial charge in [0.25, 0.3) is 5.69 Å². The fourth-order valence-corrected chi connectivity index (χ4v) is 3.33. The van der Waals surface area contributed by atoms with Gasteiger partial charge in [0.2, 0.25) is 11.7 Å². The summed E-state index contributed by atoms with van der Waals surface area (Å²) in [6.07, 6.45) is 0. The number of benzene rings is 2. The van der Waals surface area contributed by atoms with Crippen molar-refractivity contribution < 1.29 is 14.1 Å². The van der Waals surface area contributed by atoms with Crippen LogP contribution in [0.4, 0.5) is 15.8 Å². The summed E-state index contributed by atoms with van der Waals surface area (Å²) < 4.78 is 15.6. The molecule has 0 bridgehead atoms. The number of imidazole rings is 1. The zero-order chi connectivity index (χ0) is 19.0. The van der Waals surface area contributed by atoms with Crippen molar-refractivity contribution in [3.8, 4) is 0 Å². The molecule has 0 saturated carbocycles. The number of non-ortho nitro benzene ring substituents is 1. The van der Waals surface area contributed by atoms with E-state index in [1.807, 2.05) is 24.3 Å². The summed E-state index contributed by atoms with van der Waals surface area (Å²) in [7, 11) is 0. The van der Waals surface area contributed by atoms with Crippen LogP contribution in [0.1, 0.15) is 0 Å². The van der Waals surface area contributed by atoms with Crippen molar-refractivity contribution in [3.05, 3.63) is 58.4 Å². The summed E-state index contributed by atoms with van der Waals surface area (Å²) in [6, 6.07) is 10.4. The molecule has 0 radical (unpaired) electrons. The van der Waals surface area contributed by atoms with Crippen LogP contribution < -0.4 is 5.32 Å². The average Bonchev–Trinajstić information content (AvgIpc) is 3.21. The van der Waals surface area contributed by atoms with Crippen LogP contribution in [-0.4, -0.2) is 36.2 Å². The molecule has 2 heterocycles. The van der Waals surface area contributed by atoms with Crippen molar-refractivity contribution in [1.82, 2.24) is 19.6 Å². The van der Waals surface area contributed by atoms with Gasteiger partial charge in [-0.3, -0.25) is 19.3 Å². The minimum Gasteiger partial charge on any atom is -0.323 e. The van der Waals surface area contributed by atoms with Gasteiger partial charge in [-0.15, -0.1) is 5.10 Å². The average molecular weight is 386 g/mol. The van der Waals surface area contributed by atoms with E-state index in [4.69, 9.17) is 0 Å². The first-order chi connectivity index (χ1) is 13.0. The van der Waals surface area contributed by atoms with Gasteiger partial charge in [-0.1, -0.05) is 23.9 Å². The molecule has 27 heavy (non-hydrogen) atoms. The van der Waals surface area contributed by atoms with Gasteiger partial charge >= 0.3 is 0 Å². The van der Waals surface area contributed by atoms with Crippen molar-refractivity contribution in [2.24, 2.45) is 0 Å². The molecule has 0 unspecified atom stereocenters. The highest BCUT2D eigenvalue weighted by molar-refractivity contribution is 7.99. The number of halogens is 1. The molecule has 0 aliphatic rings. The highest BCUT2D eigenvalue weighted by atomic mass is 32.2. The number of carbonyl (C=O) groups excluding carboxylic acids is 1. The third-order valence-corrected chi connectivity index (χ3v) is 4.71. The lowest BCUT2D eigenvalue weighted by Crippen LogP contribution is -2.15. The molecule has 4 rings (SSSR count). The number of H-pyrrole nitrogens is 1. The normalized spacial score (nSPS) is 11.1. The highest BCUT2D eigenvalue weighted by Crippen LogP contribution is 2.24. The molecule has 4 aromatic rings. The molecule has 0 aliphatic heterocycles. The summed E-state index contributed by atoms with van der Waals surface area (Å²) in [5.74, 6) is -0.778. The van der Waals surface area contributed by atoms with Gasteiger partial charge in [0, 0.05) is 12.1 Å². The molecule has 2 aromatic carbocycles. The molecular formula is C16H11FN6O3S. The number of nitrogens with one attached hydrogen (secondary N) is 2. The fourth-order valence-electron chi connectivity index (χ4n) is 2.58. The third kappa shape index (κ3) is 3.19. The largest absolute Gasteiger partial charge is 0.323 e. The lowest BCUT2D eigenvalue weighted by molar-refractivity contribution is -0.384. The van der Waals surface area contributed by atoms with Crippen molar-refractivity contribution in [3.63, 3.8) is 0 Å². The number of para-hydroxylation sites is 2. The maximum absolute atomic E-state index is 13.8. The van der Waals surface area contributed by atoms with Crippen molar-refractivity contribution in [1.29, 1.82) is 0 Å². The Bertz CT molecular complexity index is 1190. The molecule has 136 valence electrons. The Morgan fingerprint density at radius 3 is 2.96 bits per heavy atom. The quantitative estimate of drug-likeness (QED) is 0.309. The van der Waals surface area contributed by atoms with Crippen LogP contribution >= 0.6 is 11.8 Å². The van der Waals surface area contributed by atoms with Gasteiger partial charge in [-0.05, 0) is 18.2 Å². The molecule has 1 amide bonds. The smallest absolute Gasteiger partial charge is 0.271 e. The third-order valence-electron chi connectivity index (χ3n) is 3.77. The Kier molecular flexibility index (Phi) is 4.20. The Morgan fingerprint density at radius 1 is 1.33 bits per heavy atom. The zero-order valence-corrected chi connectivity index (χ0v) is 14.4. The minimum absolute atomic E-state index is 0.0609. The number of hydrogen-bond donors (Lipinski definition) is 2. The van der Waals surface area contributed by atoms with Crippen LogP contribution in [0.2, 0.25) is 0 Å². The summed E-state index contributed by atoms with van der Waals surface area (Å²) >= 11 is 1.13. The van der Waals surface area contributed by atoms with E-state index in [0.717, 1.165) is 41.0 Å². The van der Waals surface area contributed by atoms with Crippen LogP contribution in [0.15, 0.2) is 47.6 Å². The maximum atomic E-state index is 13.8. The van der Waals surface area contributed by atoms with Gasteiger partial charge in [0.05, 0.1) is 27.4 Å². The molecule has 0 spiro atoms. The number of nitro benzene ring substituents is 1. The van der Waals surface area contributed by atoms with E-state index in [-0.39, 0.29) is 17.1 Å². The number of thioether (sulfide) groups is 1. The number of fused-ring (bicyclic) bond motifs is 3. The standard InChI is InChI=1S/C16H11FN6O3S/c17-10-6-5-9(23(25)26)7-12(10)18-14(24)8-27-16-21-20-15-19-11-3-1-2-4-13(11)22(15)16/h1-7H,8H2,(H,18,24)(H,19,20). The number of carbonyl (C=O) groups is 1. The number of aromatic amines is 1. The van der Waals surface area contributed by atoms with Crippen LogP contribution in [0.25, 0.3) is 16.8 Å². The van der Waals surface area contributed by atoms with Crippen LogP contribution in [0.5, 0.6) is 0 Å². The molecule has 11 heteroatoms. The number of amides is 1. The second-order valence-electron chi connectivity index (χ2n) is 5.52. The monoisotopic (exact) mass is 386 g/mol. The lowest BCUT2D eigenvalue weighted by Gasteiger charge is -2.05. The molecule has 0 aliphatic carbocycles. The first-order valence-corrected chi connectivity index (χ1v) is 8.69. The number of hydrogen-bond acceptors (Lipinski definition) is 6. The van der Waals surface area contributed by atoms with Gasteiger partial charge in [-0.25, -0.2) is 14.5 Å². The second kappa shape index (κ2) is 6.68. The maximum Gasteiger partial charge on any atom is 0.271 e. The SMILES string of the molecule is O=C(CSc1n[nH]c2nc3ccccc3n12)Nc1cc([N+](=O)[O-])ccc1F. The number of anilines is 1. The van der Waals surface area contributed by atoms with Crippen LogP contribution in [0, 0.1) is 15.9 Å². The summed E-state index contributed by atoms with van der Waals surface area (Å²) in [5, 5.41) is 20.6. The van der Waals surface area contributed by atoms with Gasteiger partial charge < -0.3 is 5.32 Å². The molecule has 2 aromatic heterocycles. The summed E-state index contributed by atoms with van der Waals surface area (Å²) in [4.78, 5) is 26.7. The highest BCUT2D eigenvalue weighted by Gasteiger charge is 2.16. The Labute approximate surface area is 154 Å². The van der Waals surface area contributed by atoms with Gasteiger partial charge in [0.15, 0.2) is 5.16 Å². The zero-order valence-electron chi connectivity index (χ0n) is 13.5. The van der Waals surface area contributed by atoms with Crippen LogP contribution in [-0.2, 0) is 4.79 Å². The Hall–Kier alpha value is -3.47. The minimum atomic E-state index is -0.748. The summed E-state index contributed by atoms with van der Waals surface area (Å²) in [5.41, 5.74) is 1.08. The summed E-state index contributed by atoms with van der Waals surface area (Å²) in [6.45, 7) is 0. The van der Waals surface area contributed by atoms with Gasteiger partial charge in [-0.2, -0.15) is 0 Å². The topological polar surface area (TPSA) is 118 Å². The van der Waals surface area contributed by atoms with Crippen LogP contribution in [0.3, 0.4) is 0 Å². The molecule has 0 saturated heterocycles. The first kappa shape index (κ1) is 17.0.